The van der Waals surface area contributed by atoms with E-state index in [1.807, 2.05) is 0 Å². The zero-order valence-electron chi connectivity index (χ0n) is 14.0. The van der Waals surface area contributed by atoms with Gasteiger partial charge in [-0.15, -0.1) is 11.3 Å². The Balaban J connectivity index is 1.54. The molecule has 6 nitrogen and oxygen atoms in total. The van der Waals surface area contributed by atoms with Gasteiger partial charge in [0.2, 0.25) is 5.89 Å². The van der Waals surface area contributed by atoms with E-state index >= 15 is 0 Å². The fraction of sp³-hybridized carbons (Fsp3) is 0.235. The molecule has 0 unspecified atom stereocenters. The first-order valence-corrected chi connectivity index (χ1v) is 8.58. The minimum Gasteiger partial charge on any atom is -0.497 e. The Bertz CT molecular complexity index is 919. The number of carbonyl (C=O) groups is 1. The molecule has 2 heterocycles. The summed E-state index contributed by atoms with van der Waals surface area (Å²) in [6.45, 7) is 0.201. The molecule has 1 amide bonds. The Morgan fingerprint density at radius 2 is 2.04 bits per heavy atom. The molecular weight excluding hydrogens is 383 g/mol. The minimum absolute atomic E-state index is 0.0959. The van der Waals surface area contributed by atoms with Gasteiger partial charge in [-0.25, -0.2) is 9.97 Å². The van der Waals surface area contributed by atoms with Crippen LogP contribution < -0.4 is 10.1 Å². The highest BCUT2D eigenvalue weighted by Gasteiger charge is 2.35. The SMILES string of the molecule is COc1ccc(-c2nc(CCNC(=O)c3cnc(C(F)(F)F)s3)co2)cc1. The highest BCUT2D eigenvalue weighted by Crippen LogP contribution is 2.32. The number of amides is 1. The summed E-state index contributed by atoms with van der Waals surface area (Å²) >= 11 is 0.306. The summed E-state index contributed by atoms with van der Waals surface area (Å²) in [7, 11) is 1.57. The van der Waals surface area contributed by atoms with Crippen molar-refractivity contribution in [2.75, 3.05) is 13.7 Å². The van der Waals surface area contributed by atoms with Crippen LogP contribution in [0.2, 0.25) is 0 Å². The standard InChI is InChI=1S/C17H14F3N3O3S/c1-25-12-4-2-10(3-5-12)15-23-11(9-26-15)6-7-21-14(24)13-8-22-16(27-13)17(18,19)20/h2-5,8-9H,6-7H2,1H3,(H,21,24). The lowest BCUT2D eigenvalue weighted by atomic mass is 10.2. The molecule has 3 aromatic rings. The van der Waals surface area contributed by atoms with E-state index in [1.54, 1.807) is 31.4 Å². The zero-order valence-corrected chi connectivity index (χ0v) is 14.9. The first-order valence-electron chi connectivity index (χ1n) is 7.77. The van der Waals surface area contributed by atoms with Crippen LogP contribution in [0, 0.1) is 0 Å². The van der Waals surface area contributed by atoms with Crippen molar-refractivity contribution in [3.8, 4) is 17.2 Å². The number of halogens is 3. The number of nitrogens with zero attached hydrogens (tertiary/aromatic N) is 2. The van der Waals surface area contributed by atoms with Crippen molar-refractivity contribution in [1.82, 2.24) is 15.3 Å². The fourth-order valence-corrected chi connectivity index (χ4v) is 2.89. The van der Waals surface area contributed by atoms with Gasteiger partial charge in [0.1, 0.15) is 16.9 Å². The second-order valence-corrected chi connectivity index (χ2v) is 6.44. The topological polar surface area (TPSA) is 77.2 Å². The van der Waals surface area contributed by atoms with Gasteiger partial charge in [-0.1, -0.05) is 0 Å². The molecule has 0 saturated carbocycles. The largest absolute Gasteiger partial charge is 0.497 e. The summed E-state index contributed by atoms with van der Waals surface area (Å²) < 4.78 is 48.0. The van der Waals surface area contributed by atoms with Crippen LogP contribution in [0.15, 0.2) is 41.1 Å². The van der Waals surface area contributed by atoms with Crippen LogP contribution >= 0.6 is 11.3 Å². The Kier molecular flexibility index (Phi) is 5.45. The normalized spacial score (nSPS) is 11.4. The van der Waals surface area contributed by atoms with E-state index in [2.05, 4.69) is 15.3 Å². The molecule has 0 aliphatic carbocycles. The predicted octanol–water partition coefficient (Wildman–Crippen LogP) is 3.80. The average molecular weight is 397 g/mol. The van der Waals surface area contributed by atoms with Gasteiger partial charge in [-0.3, -0.25) is 4.79 Å². The van der Waals surface area contributed by atoms with Gasteiger partial charge >= 0.3 is 6.18 Å². The minimum atomic E-state index is -4.55. The van der Waals surface area contributed by atoms with E-state index in [1.165, 1.54) is 6.26 Å². The van der Waals surface area contributed by atoms with Crippen LogP contribution in [0.25, 0.3) is 11.5 Å². The number of carbonyl (C=O) groups excluding carboxylic acids is 1. The second kappa shape index (κ2) is 7.78. The van der Waals surface area contributed by atoms with Crippen LogP contribution in [0.1, 0.15) is 20.4 Å². The molecule has 0 atom stereocenters. The molecule has 3 rings (SSSR count). The van der Waals surface area contributed by atoms with Crippen molar-refractivity contribution < 1.29 is 27.1 Å². The molecule has 10 heteroatoms. The molecule has 0 radical (unpaired) electrons. The third-order valence-corrected chi connectivity index (χ3v) is 4.57. The van der Waals surface area contributed by atoms with Gasteiger partial charge in [0, 0.05) is 18.5 Å². The first-order chi connectivity index (χ1) is 12.9. The van der Waals surface area contributed by atoms with Gasteiger partial charge in [-0.05, 0) is 24.3 Å². The molecule has 0 bridgehead atoms. The number of rotatable bonds is 6. The second-order valence-electron chi connectivity index (χ2n) is 5.41. The smallest absolute Gasteiger partial charge is 0.443 e. The van der Waals surface area contributed by atoms with E-state index < -0.39 is 17.1 Å². The number of nitrogens with one attached hydrogen (secondary N) is 1. The van der Waals surface area contributed by atoms with Crippen molar-refractivity contribution in [3.05, 3.63) is 52.3 Å². The van der Waals surface area contributed by atoms with Crippen molar-refractivity contribution >= 4 is 17.2 Å². The maximum Gasteiger partial charge on any atom is 0.443 e. The molecular formula is C17H14F3N3O3S. The number of benzene rings is 1. The Labute approximate surface area is 156 Å². The maximum absolute atomic E-state index is 12.5. The van der Waals surface area contributed by atoms with E-state index in [4.69, 9.17) is 9.15 Å². The number of methoxy groups -OCH3 is 1. The molecule has 0 fully saturated rings. The molecule has 0 saturated heterocycles. The summed E-state index contributed by atoms with van der Waals surface area (Å²) in [5.41, 5.74) is 1.39. The van der Waals surface area contributed by atoms with E-state index in [0.29, 0.717) is 35.1 Å². The monoisotopic (exact) mass is 397 g/mol. The maximum atomic E-state index is 12.5. The molecule has 1 aromatic carbocycles. The molecule has 2 aromatic heterocycles. The van der Waals surface area contributed by atoms with Crippen LogP contribution in [0.5, 0.6) is 5.75 Å². The van der Waals surface area contributed by atoms with E-state index in [-0.39, 0.29) is 11.4 Å². The average Bonchev–Trinajstić information content (AvgIpc) is 3.31. The molecule has 27 heavy (non-hydrogen) atoms. The first kappa shape index (κ1) is 18.9. The number of ether oxygens (including phenoxy) is 1. The fourth-order valence-electron chi connectivity index (χ4n) is 2.19. The lowest BCUT2D eigenvalue weighted by Gasteiger charge is -2.01. The summed E-state index contributed by atoms with van der Waals surface area (Å²) in [5, 5.41) is 1.49. The molecule has 1 N–H and O–H groups in total. The summed E-state index contributed by atoms with van der Waals surface area (Å²) in [4.78, 5) is 19.3. The summed E-state index contributed by atoms with van der Waals surface area (Å²) in [6, 6.07) is 7.17. The van der Waals surface area contributed by atoms with Gasteiger partial charge < -0.3 is 14.5 Å². The van der Waals surface area contributed by atoms with Crippen LogP contribution in [-0.2, 0) is 12.6 Å². The van der Waals surface area contributed by atoms with Gasteiger partial charge in [0.15, 0.2) is 5.01 Å². The zero-order chi connectivity index (χ0) is 19.4. The van der Waals surface area contributed by atoms with Crippen molar-refractivity contribution in [1.29, 1.82) is 0 Å². The molecule has 142 valence electrons. The molecule has 0 spiro atoms. The van der Waals surface area contributed by atoms with Crippen LogP contribution in [0.4, 0.5) is 13.2 Å². The van der Waals surface area contributed by atoms with Gasteiger partial charge in [0.05, 0.1) is 19.0 Å². The number of aromatic nitrogens is 2. The van der Waals surface area contributed by atoms with Crippen molar-refractivity contribution in [2.24, 2.45) is 0 Å². The van der Waals surface area contributed by atoms with Gasteiger partial charge in [0.25, 0.3) is 5.91 Å². The quantitative estimate of drug-likeness (QED) is 0.685. The third kappa shape index (κ3) is 4.64. The predicted molar refractivity (Wildman–Crippen MR) is 91.6 cm³/mol. The number of oxazole rings is 1. The number of hydrogen-bond acceptors (Lipinski definition) is 6. The third-order valence-electron chi connectivity index (χ3n) is 3.53. The van der Waals surface area contributed by atoms with E-state index in [9.17, 15) is 18.0 Å². The van der Waals surface area contributed by atoms with Crippen molar-refractivity contribution in [3.63, 3.8) is 0 Å². The van der Waals surface area contributed by atoms with Crippen LogP contribution in [-0.4, -0.2) is 29.5 Å². The van der Waals surface area contributed by atoms with Crippen LogP contribution in [0.3, 0.4) is 0 Å². The summed E-state index contributed by atoms with van der Waals surface area (Å²) in [6.07, 6.45) is -1.79. The molecule has 0 aliphatic rings. The Morgan fingerprint density at radius 3 is 2.67 bits per heavy atom. The number of alkyl halides is 3. The van der Waals surface area contributed by atoms with E-state index in [0.717, 1.165) is 11.8 Å². The highest BCUT2D eigenvalue weighted by molar-refractivity contribution is 7.13. The van der Waals surface area contributed by atoms with Crippen molar-refractivity contribution in [2.45, 2.75) is 12.6 Å². The number of thiazole rings is 1. The molecule has 0 aliphatic heterocycles. The summed E-state index contributed by atoms with van der Waals surface area (Å²) in [5.74, 6) is 0.531. The Morgan fingerprint density at radius 1 is 1.30 bits per heavy atom. The lowest BCUT2D eigenvalue weighted by Crippen LogP contribution is -2.24. The van der Waals surface area contributed by atoms with Gasteiger partial charge in [-0.2, -0.15) is 13.2 Å². The number of hydrogen-bond donors (Lipinski definition) is 1. The Hall–Kier alpha value is -2.88. The lowest BCUT2D eigenvalue weighted by molar-refractivity contribution is -0.137. The highest BCUT2D eigenvalue weighted by atomic mass is 32.1.